The minimum atomic E-state index is -0.246. The molecular weight excluding hydrogens is 253 g/mol. The zero-order valence-electron chi connectivity index (χ0n) is 11.8. The van der Waals surface area contributed by atoms with Gasteiger partial charge in [0, 0.05) is 19.3 Å². The Morgan fingerprint density at radius 2 is 1.90 bits per heavy atom. The van der Waals surface area contributed by atoms with Gasteiger partial charge in [0.05, 0.1) is 16.9 Å². The number of hydrogen-bond donors (Lipinski definition) is 0. The SMILES string of the molecule is Cc1cc(N(C)Cc2ccc(F)cc2)c(C#N)c(C)n1. The Balaban J connectivity index is 2.32. The Kier molecular flexibility index (Phi) is 3.99. The first-order chi connectivity index (χ1) is 9.51. The molecular formula is C16H16FN3. The maximum Gasteiger partial charge on any atom is 0.123 e. The van der Waals surface area contributed by atoms with Gasteiger partial charge in [0.25, 0.3) is 0 Å². The van der Waals surface area contributed by atoms with Crippen LogP contribution >= 0.6 is 0 Å². The lowest BCUT2D eigenvalue weighted by Gasteiger charge is -2.21. The van der Waals surface area contributed by atoms with Crippen LogP contribution in [0.2, 0.25) is 0 Å². The van der Waals surface area contributed by atoms with Gasteiger partial charge in [-0.15, -0.1) is 0 Å². The molecule has 0 aliphatic heterocycles. The fourth-order valence-corrected chi connectivity index (χ4v) is 2.20. The molecule has 0 radical (unpaired) electrons. The summed E-state index contributed by atoms with van der Waals surface area (Å²) >= 11 is 0. The van der Waals surface area contributed by atoms with E-state index in [1.54, 1.807) is 12.1 Å². The Labute approximate surface area is 118 Å². The molecule has 3 nitrogen and oxygen atoms in total. The summed E-state index contributed by atoms with van der Waals surface area (Å²) in [5.41, 5.74) is 4.03. The van der Waals surface area contributed by atoms with Crippen molar-refractivity contribution >= 4 is 5.69 Å². The van der Waals surface area contributed by atoms with E-state index >= 15 is 0 Å². The average Bonchev–Trinajstić information content (AvgIpc) is 2.40. The molecule has 0 spiro atoms. The summed E-state index contributed by atoms with van der Waals surface area (Å²) < 4.78 is 12.9. The molecule has 0 saturated heterocycles. The molecule has 1 aromatic carbocycles. The standard InChI is InChI=1S/C16H16FN3/c1-11-8-16(15(9-18)12(2)19-11)20(3)10-13-4-6-14(17)7-5-13/h4-8H,10H2,1-3H3. The number of halogens is 1. The maximum atomic E-state index is 12.9. The number of nitrogens with zero attached hydrogens (tertiary/aromatic N) is 3. The third kappa shape index (κ3) is 2.94. The number of hydrogen-bond acceptors (Lipinski definition) is 3. The van der Waals surface area contributed by atoms with Crippen LogP contribution in [-0.4, -0.2) is 12.0 Å². The molecule has 2 aromatic rings. The number of pyridine rings is 1. The molecule has 20 heavy (non-hydrogen) atoms. The average molecular weight is 269 g/mol. The molecule has 0 unspecified atom stereocenters. The van der Waals surface area contributed by atoms with Crippen molar-refractivity contribution in [3.8, 4) is 6.07 Å². The van der Waals surface area contributed by atoms with E-state index in [9.17, 15) is 9.65 Å². The lowest BCUT2D eigenvalue weighted by atomic mass is 10.1. The van der Waals surface area contributed by atoms with Crippen molar-refractivity contribution in [1.29, 1.82) is 5.26 Å². The molecule has 4 heteroatoms. The second-order valence-corrected chi connectivity index (χ2v) is 4.84. The highest BCUT2D eigenvalue weighted by atomic mass is 19.1. The second-order valence-electron chi connectivity index (χ2n) is 4.84. The van der Waals surface area contributed by atoms with E-state index in [-0.39, 0.29) is 5.82 Å². The Hall–Kier alpha value is -2.41. The third-order valence-electron chi connectivity index (χ3n) is 3.16. The van der Waals surface area contributed by atoms with Crippen molar-refractivity contribution in [2.75, 3.05) is 11.9 Å². The van der Waals surface area contributed by atoms with Gasteiger partial charge in [-0.2, -0.15) is 5.26 Å². The summed E-state index contributed by atoms with van der Waals surface area (Å²) in [6.07, 6.45) is 0. The molecule has 0 bridgehead atoms. The zero-order valence-corrected chi connectivity index (χ0v) is 11.8. The van der Waals surface area contributed by atoms with Crippen molar-refractivity contribution in [1.82, 2.24) is 4.98 Å². The Morgan fingerprint density at radius 1 is 1.25 bits per heavy atom. The van der Waals surface area contributed by atoms with Gasteiger partial charge in [0.1, 0.15) is 11.9 Å². The first-order valence-electron chi connectivity index (χ1n) is 6.35. The zero-order chi connectivity index (χ0) is 14.7. The summed E-state index contributed by atoms with van der Waals surface area (Å²) in [5.74, 6) is -0.246. The van der Waals surface area contributed by atoms with Crippen LogP contribution < -0.4 is 4.90 Å². The van der Waals surface area contributed by atoms with E-state index in [0.29, 0.717) is 12.1 Å². The molecule has 0 aliphatic rings. The van der Waals surface area contributed by atoms with Gasteiger partial charge in [-0.1, -0.05) is 12.1 Å². The number of anilines is 1. The van der Waals surface area contributed by atoms with Crippen LogP contribution in [0.25, 0.3) is 0 Å². The molecule has 0 amide bonds. The molecule has 0 atom stereocenters. The number of aromatic nitrogens is 1. The van der Waals surface area contributed by atoms with Gasteiger partial charge < -0.3 is 4.90 Å². The van der Waals surface area contributed by atoms with Crippen molar-refractivity contribution in [2.24, 2.45) is 0 Å². The van der Waals surface area contributed by atoms with Crippen LogP contribution in [0.3, 0.4) is 0 Å². The van der Waals surface area contributed by atoms with E-state index in [1.165, 1.54) is 12.1 Å². The number of aryl methyl sites for hydroxylation is 2. The minimum absolute atomic E-state index is 0.246. The second kappa shape index (κ2) is 5.70. The lowest BCUT2D eigenvalue weighted by molar-refractivity contribution is 0.627. The summed E-state index contributed by atoms with van der Waals surface area (Å²) in [5, 5.41) is 9.28. The highest BCUT2D eigenvalue weighted by molar-refractivity contribution is 5.61. The van der Waals surface area contributed by atoms with Crippen LogP contribution in [0, 0.1) is 31.0 Å². The third-order valence-corrected chi connectivity index (χ3v) is 3.16. The molecule has 2 rings (SSSR count). The summed E-state index contributed by atoms with van der Waals surface area (Å²) in [4.78, 5) is 6.29. The van der Waals surface area contributed by atoms with Gasteiger partial charge in [-0.3, -0.25) is 4.98 Å². The van der Waals surface area contributed by atoms with Gasteiger partial charge in [-0.25, -0.2) is 4.39 Å². The van der Waals surface area contributed by atoms with Gasteiger partial charge in [-0.05, 0) is 37.6 Å². The van der Waals surface area contributed by atoms with E-state index in [1.807, 2.05) is 31.9 Å². The van der Waals surface area contributed by atoms with Crippen LogP contribution in [0.15, 0.2) is 30.3 Å². The van der Waals surface area contributed by atoms with Crippen LogP contribution in [0.4, 0.5) is 10.1 Å². The summed E-state index contributed by atoms with van der Waals surface area (Å²) in [6, 6.07) is 10.5. The highest BCUT2D eigenvalue weighted by Crippen LogP contribution is 2.23. The molecule has 102 valence electrons. The quantitative estimate of drug-likeness (QED) is 0.858. The molecule has 0 fully saturated rings. The van der Waals surface area contributed by atoms with Crippen molar-refractivity contribution in [3.05, 3.63) is 58.7 Å². The highest BCUT2D eigenvalue weighted by Gasteiger charge is 2.12. The molecule has 0 aliphatic carbocycles. The number of benzene rings is 1. The first-order valence-corrected chi connectivity index (χ1v) is 6.35. The molecule has 1 heterocycles. The van der Waals surface area contributed by atoms with Crippen LogP contribution in [-0.2, 0) is 6.54 Å². The number of nitriles is 1. The lowest BCUT2D eigenvalue weighted by Crippen LogP contribution is -2.18. The van der Waals surface area contributed by atoms with E-state index in [2.05, 4.69) is 11.1 Å². The van der Waals surface area contributed by atoms with E-state index < -0.39 is 0 Å². The monoisotopic (exact) mass is 269 g/mol. The molecule has 0 saturated carbocycles. The van der Waals surface area contributed by atoms with Crippen molar-refractivity contribution in [2.45, 2.75) is 20.4 Å². The largest absolute Gasteiger partial charge is 0.369 e. The van der Waals surface area contributed by atoms with Crippen molar-refractivity contribution < 1.29 is 4.39 Å². The smallest absolute Gasteiger partial charge is 0.123 e. The first kappa shape index (κ1) is 14.0. The van der Waals surface area contributed by atoms with Gasteiger partial charge >= 0.3 is 0 Å². The Morgan fingerprint density at radius 3 is 2.50 bits per heavy atom. The van der Waals surface area contributed by atoms with Gasteiger partial charge in [0.2, 0.25) is 0 Å². The molecule has 1 aromatic heterocycles. The molecule has 0 N–H and O–H groups in total. The Bertz CT molecular complexity index is 657. The normalized spacial score (nSPS) is 10.2. The fourth-order valence-electron chi connectivity index (χ4n) is 2.20. The number of rotatable bonds is 3. The predicted molar refractivity (Wildman–Crippen MR) is 76.9 cm³/mol. The van der Waals surface area contributed by atoms with E-state index in [0.717, 1.165) is 22.6 Å². The van der Waals surface area contributed by atoms with Gasteiger partial charge in [0.15, 0.2) is 0 Å². The fraction of sp³-hybridized carbons (Fsp3) is 0.250. The summed E-state index contributed by atoms with van der Waals surface area (Å²) in [7, 11) is 1.92. The van der Waals surface area contributed by atoms with E-state index in [4.69, 9.17) is 0 Å². The topological polar surface area (TPSA) is 39.9 Å². The summed E-state index contributed by atoms with van der Waals surface area (Å²) in [6.45, 7) is 4.35. The maximum absolute atomic E-state index is 12.9. The predicted octanol–water partition coefficient (Wildman–Crippen LogP) is 3.35. The minimum Gasteiger partial charge on any atom is -0.369 e. The van der Waals surface area contributed by atoms with Crippen molar-refractivity contribution in [3.63, 3.8) is 0 Å². The van der Waals surface area contributed by atoms with Crippen LogP contribution in [0.1, 0.15) is 22.5 Å². The van der Waals surface area contributed by atoms with Crippen LogP contribution in [0.5, 0.6) is 0 Å².